The van der Waals surface area contributed by atoms with Gasteiger partial charge < -0.3 is 9.84 Å². The van der Waals surface area contributed by atoms with Crippen molar-refractivity contribution in [1.82, 2.24) is 0 Å². The van der Waals surface area contributed by atoms with E-state index in [-0.39, 0.29) is 4.90 Å². The molecule has 0 saturated heterocycles. The minimum Gasteiger partial charge on any atom is -0.493 e. The molecule has 0 spiro atoms. The minimum atomic E-state index is -3.22. The third-order valence-corrected chi connectivity index (χ3v) is 3.53. The second-order valence-corrected chi connectivity index (χ2v) is 5.64. The highest BCUT2D eigenvalue weighted by Crippen LogP contribution is 2.33. The Morgan fingerprint density at radius 3 is 2.87 bits per heavy atom. The van der Waals surface area contributed by atoms with E-state index >= 15 is 0 Å². The van der Waals surface area contributed by atoms with Crippen molar-refractivity contribution in [3.05, 3.63) is 23.8 Å². The van der Waals surface area contributed by atoms with Gasteiger partial charge in [0.1, 0.15) is 5.75 Å². The zero-order chi connectivity index (χ0) is 11.1. The van der Waals surface area contributed by atoms with Gasteiger partial charge >= 0.3 is 0 Å². The first-order valence-corrected chi connectivity index (χ1v) is 6.52. The maximum Gasteiger partial charge on any atom is 0.175 e. The van der Waals surface area contributed by atoms with Crippen LogP contribution in [0.2, 0.25) is 0 Å². The van der Waals surface area contributed by atoms with E-state index in [2.05, 4.69) is 0 Å². The van der Waals surface area contributed by atoms with Crippen molar-refractivity contribution in [1.29, 1.82) is 0 Å². The summed E-state index contributed by atoms with van der Waals surface area (Å²) in [5.74, 6) is 0.469. The number of hydrogen-bond acceptors (Lipinski definition) is 4. The predicted octanol–water partition coefficient (Wildman–Crippen LogP) is 0.906. The topological polar surface area (TPSA) is 63.6 Å². The van der Waals surface area contributed by atoms with Gasteiger partial charge in [-0.1, -0.05) is 6.07 Å². The molecular formula is C10H12O4S. The van der Waals surface area contributed by atoms with E-state index in [1.807, 2.05) is 0 Å². The Bertz CT molecular complexity index is 478. The van der Waals surface area contributed by atoms with Gasteiger partial charge in [0.25, 0.3) is 0 Å². The zero-order valence-corrected chi connectivity index (χ0v) is 9.12. The van der Waals surface area contributed by atoms with Crippen molar-refractivity contribution >= 4 is 9.84 Å². The largest absolute Gasteiger partial charge is 0.493 e. The van der Waals surface area contributed by atoms with Crippen molar-refractivity contribution in [3.63, 3.8) is 0 Å². The molecule has 1 aliphatic rings. The summed E-state index contributed by atoms with van der Waals surface area (Å²) in [6.07, 6.45) is 1.14. The molecule has 0 fully saturated rings. The van der Waals surface area contributed by atoms with Crippen LogP contribution in [0.1, 0.15) is 18.1 Å². The summed E-state index contributed by atoms with van der Waals surface area (Å²) in [5.41, 5.74) is 0.661. The average molecular weight is 228 g/mol. The molecule has 1 unspecified atom stereocenters. The predicted molar refractivity (Wildman–Crippen MR) is 54.6 cm³/mol. The summed E-state index contributed by atoms with van der Waals surface area (Å²) in [6, 6.07) is 4.56. The molecule has 1 aromatic carbocycles. The molecule has 0 bridgehead atoms. The summed E-state index contributed by atoms with van der Waals surface area (Å²) >= 11 is 0. The van der Waals surface area contributed by atoms with Gasteiger partial charge in [0.05, 0.1) is 17.6 Å². The van der Waals surface area contributed by atoms with Gasteiger partial charge in [0, 0.05) is 18.2 Å². The van der Waals surface area contributed by atoms with E-state index in [1.165, 1.54) is 12.1 Å². The fraction of sp³-hybridized carbons (Fsp3) is 0.400. The molecule has 0 radical (unpaired) electrons. The Morgan fingerprint density at radius 1 is 1.47 bits per heavy atom. The highest BCUT2D eigenvalue weighted by atomic mass is 32.2. The first-order valence-electron chi connectivity index (χ1n) is 4.63. The molecule has 4 nitrogen and oxygen atoms in total. The fourth-order valence-electron chi connectivity index (χ4n) is 1.58. The van der Waals surface area contributed by atoms with Crippen molar-refractivity contribution in [2.75, 3.05) is 12.9 Å². The molecule has 15 heavy (non-hydrogen) atoms. The zero-order valence-electron chi connectivity index (χ0n) is 8.30. The molecule has 0 aromatic heterocycles. The van der Waals surface area contributed by atoms with E-state index in [0.29, 0.717) is 24.3 Å². The molecule has 1 atom stereocenters. The average Bonchev–Trinajstić information content (AvgIpc) is 2.16. The normalized spacial score (nSPS) is 20.5. The second kappa shape index (κ2) is 3.50. The molecule has 1 aliphatic heterocycles. The van der Waals surface area contributed by atoms with Crippen molar-refractivity contribution in [3.8, 4) is 5.75 Å². The highest BCUT2D eigenvalue weighted by molar-refractivity contribution is 7.90. The molecule has 1 aromatic rings. The van der Waals surface area contributed by atoms with Crippen LogP contribution in [0.5, 0.6) is 5.75 Å². The number of ether oxygens (including phenoxy) is 1. The van der Waals surface area contributed by atoms with Crippen molar-refractivity contribution < 1.29 is 18.3 Å². The van der Waals surface area contributed by atoms with Crippen LogP contribution in [-0.4, -0.2) is 26.4 Å². The van der Waals surface area contributed by atoms with E-state index in [1.54, 1.807) is 6.07 Å². The Labute approximate surface area is 88.4 Å². The third-order valence-electron chi connectivity index (χ3n) is 2.42. The first kappa shape index (κ1) is 10.4. The van der Waals surface area contributed by atoms with Gasteiger partial charge in [-0.2, -0.15) is 0 Å². The molecule has 2 rings (SSSR count). The lowest BCUT2D eigenvalue weighted by Crippen LogP contribution is -2.14. The van der Waals surface area contributed by atoms with Crippen LogP contribution in [0.4, 0.5) is 0 Å². The molecule has 5 heteroatoms. The van der Waals surface area contributed by atoms with Crippen molar-refractivity contribution in [2.45, 2.75) is 17.4 Å². The highest BCUT2D eigenvalue weighted by Gasteiger charge is 2.20. The number of fused-ring (bicyclic) bond motifs is 1. The monoisotopic (exact) mass is 228 g/mol. The van der Waals surface area contributed by atoms with Gasteiger partial charge in [-0.3, -0.25) is 0 Å². The number of benzene rings is 1. The SMILES string of the molecule is CS(=O)(=O)c1ccc2c(c1)OCCC2O. The lowest BCUT2D eigenvalue weighted by atomic mass is 10.0. The van der Waals surface area contributed by atoms with Gasteiger partial charge in [0.15, 0.2) is 9.84 Å². The summed E-state index contributed by atoms with van der Waals surface area (Å²) in [7, 11) is -3.22. The number of aliphatic hydroxyl groups excluding tert-OH is 1. The van der Waals surface area contributed by atoms with Crippen LogP contribution < -0.4 is 4.74 Å². The van der Waals surface area contributed by atoms with Crippen LogP contribution in [-0.2, 0) is 9.84 Å². The van der Waals surface area contributed by atoms with Crippen LogP contribution in [0.15, 0.2) is 23.1 Å². The van der Waals surface area contributed by atoms with Gasteiger partial charge in [-0.05, 0) is 12.1 Å². The Hall–Kier alpha value is -1.07. The Morgan fingerprint density at radius 2 is 2.20 bits per heavy atom. The molecule has 82 valence electrons. The molecular weight excluding hydrogens is 216 g/mol. The van der Waals surface area contributed by atoms with E-state index in [0.717, 1.165) is 6.26 Å². The van der Waals surface area contributed by atoms with E-state index in [9.17, 15) is 13.5 Å². The summed E-state index contributed by atoms with van der Waals surface area (Å²) in [4.78, 5) is 0.218. The van der Waals surface area contributed by atoms with Crippen LogP contribution in [0, 0.1) is 0 Å². The lowest BCUT2D eigenvalue weighted by molar-refractivity contribution is 0.115. The minimum absolute atomic E-state index is 0.218. The first-order chi connectivity index (χ1) is 6.98. The summed E-state index contributed by atoms with van der Waals surface area (Å²) < 4.78 is 27.9. The summed E-state index contributed by atoms with van der Waals surface area (Å²) in [5, 5.41) is 9.63. The van der Waals surface area contributed by atoms with Crippen LogP contribution in [0.3, 0.4) is 0 Å². The number of aliphatic hydroxyl groups is 1. The van der Waals surface area contributed by atoms with Gasteiger partial charge in [0.2, 0.25) is 0 Å². The molecule has 1 N–H and O–H groups in total. The fourth-order valence-corrected chi connectivity index (χ4v) is 2.22. The molecule has 0 aliphatic carbocycles. The molecule has 0 amide bonds. The third kappa shape index (κ3) is 1.98. The molecule has 0 saturated carbocycles. The Kier molecular flexibility index (Phi) is 2.44. The second-order valence-electron chi connectivity index (χ2n) is 3.62. The summed E-state index contributed by atoms with van der Waals surface area (Å²) in [6.45, 7) is 0.418. The maximum absolute atomic E-state index is 11.3. The van der Waals surface area contributed by atoms with E-state index in [4.69, 9.17) is 4.74 Å². The Balaban J connectivity index is 2.51. The van der Waals surface area contributed by atoms with Crippen LogP contribution in [0.25, 0.3) is 0 Å². The standard InChI is InChI=1S/C10H12O4S/c1-15(12,13)7-2-3-8-9(11)4-5-14-10(8)6-7/h2-3,6,9,11H,4-5H2,1H3. The molecule has 1 heterocycles. The maximum atomic E-state index is 11.3. The van der Waals surface area contributed by atoms with Crippen LogP contribution >= 0.6 is 0 Å². The quantitative estimate of drug-likeness (QED) is 0.776. The lowest BCUT2D eigenvalue weighted by Gasteiger charge is -2.22. The number of rotatable bonds is 1. The number of hydrogen-bond donors (Lipinski definition) is 1. The van der Waals surface area contributed by atoms with E-state index < -0.39 is 15.9 Å². The number of sulfone groups is 1. The smallest absolute Gasteiger partial charge is 0.175 e. The van der Waals surface area contributed by atoms with Gasteiger partial charge in [-0.15, -0.1) is 0 Å². The van der Waals surface area contributed by atoms with Gasteiger partial charge in [-0.25, -0.2) is 8.42 Å². The van der Waals surface area contributed by atoms with Crippen molar-refractivity contribution in [2.24, 2.45) is 0 Å².